The number of aryl methyl sites for hydroxylation is 1. The summed E-state index contributed by atoms with van der Waals surface area (Å²) < 4.78 is 10.4. The lowest BCUT2D eigenvalue weighted by molar-refractivity contribution is -0.123. The smallest absolute Gasteiger partial charge is 0.257 e. The number of aliphatic hydroxyl groups is 1. The molecule has 0 bridgehead atoms. The van der Waals surface area contributed by atoms with Crippen LogP contribution in [0.5, 0.6) is 5.75 Å². The molecule has 0 spiro atoms. The lowest BCUT2D eigenvalue weighted by Gasteiger charge is -2.21. The van der Waals surface area contributed by atoms with Gasteiger partial charge in [-0.15, -0.1) is 0 Å². The Kier molecular flexibility index (Phi) is 6.02. The van der Waals surface area contributed by atoms with Crippen molar-refractivity contribution in [2.75, 3.05) is 26.9 Å². The van der Waals surface area contributed by atoms with Crippen LogP contribution in [0.4, 0.5) is 0 Å². The van der Waals surface area contributed by atoms with E-state index in [1.165, 1.54) is 5.56 Å². The van der Waals surface area contributed by atoms with E-state index >= 15 is 0 Å². The summed E-state index contributed by atoms with van der Waals surface area (Å²) in [6, 6.07) is 5.68. The third-order valence-electron chi connectivity index (χ3n) is 3.62. The topological polar surface area (TPSA) is 67.8 Å². The molecule has 0 unspecified atom stereocenters. The first-order valence-electron chi connectivity index (χ1n) is 7.40. The summed E-state index contributed by atoms with van der Waals surface area (Å²) in [5.41, 5.74) is 2.10. The quantitative estimate of drug-likeness (QED) is 0.749. The Morgan fingerprint density at radius 2 is 2.33 bits per heavy atom. The van der Waals surface area contributed by atoms with E-state index < -0.39 is 6.10 Å². The normalized spacial score (nSPS) is 17.1. The van der Waals surface area contributed by atoms with E-state index in [1.807, 2.05) is 18.2 Å². The number of aliphatic hydroxyl groups excluding tert-OH is 1. The van der Waals surface area contributed by atoms with Crippen LogP contribution in [0.1, 0.15) is 36.5 Å². The number of rotatable bonds is 7. The highest BCUT2D eigenvalue weighted by Crippen LogP contribution is 2.32. The maximum atomic E-state index is 11.6. The van der Waals surface area contributed by atoms with Crippen LogP contribution in [-0.4, -0.2) is 37.9 Å². The Morgan fingerprint density at radius 3 is 3.14 bits per heavy atom. The van der Waals surface area contributed by atoms with Gasteiger partial charge in [-0.25, -0.2) is 0 Å². The molecule has 1 aromatic rings. The van der Waals surface area contributed by atoms with Gasteiger partial charge in [0.1, 0.15) is 5.75 Å². The predicted octanol–water partition coefficient (Wildman–Crippen LogP) is 1.59. The Labute approximate surface area is 125 Å². The standard InChI is InChI=1S/C16H23NO4/c1-20-9-3-8-17-16(19)11-21-13-7-6-12-4-2-5-15(18)14(12)10-13/h6-7,10,15,18H,2-5,8-9,11H2,1H3,(H,17,19)/t15-/m1/s1. The minimum atomic E-state index is -0.417. The number of carbonyl (C=O) groups is 1. The summed E-state index contributed by atoms with van der Waals surface area (Å²) in [4.78, 5) is 11.6. The van der Waals surface area contributed by atoms with Crippen LogP contribution in [0.2, 0.25) is 0 Å². The molecule has 0 heterocycles. The van der Waals surface area contributed by atoms with Crippen molar-refractivity contribution in [2.45, 2.75) is 31.8 Å². The fourth-order valence-corrected chi connectivity index (χ4v) is 2.49. The molecular formula is C16H23NO4. The largest absolute Gasteiger partial charge is 0.484 e. The van der Waals surface area contributed by atoms with E-state index in [0.29, 0.717) is 18.9 Å². The molecule has 2 N–H and O–H groups in total. The van der Waals surface area contributed by atoms with Crippen molar-refractivity contribution in [1.29, 1.82) is 0 Å². The number of carbonyl (C=O) groups excluding carboxylic acids is 1. The maximum Gasteiger partial charge on any atom is 0.257 e. The zero-order valence-electron chi connectivity index (χ0n) is 12.4. The van der Waals surface area contributed by atoms with Crippen molar-refractivity contribution < 1.29 is 19.4 Å². The molecule has 21 heavy (non-hydrogen) atoms. The van der Waals surface area contributed by atoms with Crippen molar-refractivity contribution in [3.63, 3.8) is 0 Å². The van der Waals surface area contributed by atoms with Crippen LogP contribution in [0.25, 0.3) is 0 Å². The van der Waals surface area contributed by atoms with Gasteiger partial charge in [-0.3, -0.25) is 4.79 Å². The molecule has 0 fully saturated rings. The first-order valence-corrected chi connectivity index (χ1v) is 7.40. The highest BCUT2D eigenvalue weighted by molar-refractivity contribution is 5.77. The number of hydrogen-bond donors (Lipinski definition) is 2. The molecule has 5 heteroatoms. The number of nitrogens with one attached hydrogen (secondary N) is 1. The van der Waals surface area contributed by atoms with Crippen molar-refractivity contribution in [1.82, 2.24) is 5.32 Å². The highest BCUT2D eigenvalue weighted by atomic mass is 16.5. The number of amides is 1. The molecule has 1 aliphatic carbocycles. The van der Waals surface area contributed by atoms with E-state index in [-0.39, 0.29) is 12.5 Å². The lowest BCUT2D eigenvalue weighted by Crippen LogP contribution is -2.30. The first kappa shape index (κ1) is 15.8. The molecule has 1 atom stereocenters. The van der Waals surface area contributed by atoms with E-state index in [9.17, 15) is 9.90 Å². The van der Waals surface area contributed by atoms with E-state index in [4.69, 9.17) is 9.47 Å². The summed E-state index contributed by atoms with van der Waals surface area (Å²) in [6.07, 6.45) is 3.16. The SMILES string of the molecule is COCCCNC(=O)COc1ccc2c(c1)[C@H](O)CCC2. The lowest BCUT2D eigenvalue weighted by atomic mass is 9.89. The van der Waals surface area contributed by atoms with Gasteiger partial charge < -0.3 is 19.9 Å². The molecule has 0 saturated carbocycles. The Balaban J connectivity index is 1.81. The third kappa shape index (κ3) is 4.72. The number of fused-ring (bicyclic) bond motifs is 1. The fraction of sp³-hybridized carbons (Fsp3) is 0.562. The molecule has 116 valence electrons. The fourth-order valence-electron chi connectivity index (χ4n) is 2.49. The first-order chi connectivity index (χ1) is 10.2. The number of methoxy groups -OCH3 is 1. The zero-order chi connectivity index (χ0) is 15.1. The van der Waals surface area contributed by atoms with Gasteiger partial charge in [0.15, 0.2) is 6.61 Å². The van der Waals surface area contributed by atoms with Crippen LogP contribution in [0.3, 0.4) is 0 Å². The Bertz CT molecular complexity index is 475. The van der Waals surface area contributed by atoms with E-state index in [2.05, 4.69) is 5.32 Å². The van der Waals surface area contributed by atoms with Gasteiger partial charge in [-0.2, -0.15) is 0 Å². The average Bonchev–Trinajstić information content (AvgIpc) is 2.50. The number of hydrogen-bond acceptors (Lipinski definition) is 4. The molecule has 0 aromatic heterocycles. The van der Waals surface area contributed by atoms with Gasteiger partial charge >= 0.3 is 0 Å². The summed E-state index contributed by atoms with van der Waals surface area (Å²) in [5.74, 6) is 0.478. The molecule has 2 rings (SSSR count). The molecule has 0 aliphatic heterocycles. The summed E-state index contributed by atoms with van der Waals surface area (Å²) in [6.45, 7) is 1.20. The minimum absolute atomic E-state index is 0.0120. The van der Waals surface area contributed by atoms with Crippen molar-refractivity contribution >= 4 is 5.91 Å². The second kappa shape index (κ2) is 8.00. The van der Waals surface area contributed by atoms with Crippen LogP contribution in [-0.2, 0) is 16.0 Å². The molecular weight excluding hydrogens is 270 g/mol. The van der Waals surface area contributed by atoms with Crippen LogP contribution < -0.4 is 10.1 Å². The van der Waals surface area contributed by atoms with Crippen molar-refractivity contribution in [3.8, 4) is 5.75 Å². The van der Waals surface area contributed by atoms with Crippen molar-refractivity contribution in [2.24, 2.45) is 0 Å². The van der Waals surface area contributed by atoms with Crippen LogP contribution >= 0.6 is 0 Å². The second-order valence-corrected chi connectivity index (χ2v) is 5.25. The average molecular weight is 293 g/mol. The Hall–Kier alpha value is -1.59. The van der Waals surface area contributed by atoms with Gasteiger partial charge in [0.05, 0.1) is 6.10 Å². The molecule has 0 saturated heterocycles. The van der Waals surface area contributed by atoms with Gasteiger partial charge in [0.25, 0.3) is 5.91 Å². The van der Waals surface area contributed by atoms with E-state index in [1.54, 1.807) is 7.11 Å². The minimum Gasteiger partial charge on any atom is -0.484 e. The number of benzene rings is 1. The molecule has 1 aliphatic rings. The van der Waals surface area contributed by atoms with Gasteiger partial charge in [0, 0.05) is 20.3 Å². The van der Waals surface area contributed by atoms with E-state index in [0.717, 1.165) is 31.2 Å². The molecule has 1 amide bonds. The number of ether oxygens (including phenoxy) is 2. The zero-order valence-corrected chi connectivity index (χ0v) is 12.4. The summed E-state index contributed by atoms with van der Waals surface area (Å²) in [7, 11) is 1.63. The monoisotopic (exact) mass is 293 g/mol. The van der Waals surface area contributed by atoms with Crippen LogP contribution in [0, 0.1) is 0 Å². The Morgan fingerprint density at radius 1 is 1.48 bits per heavy atom. The molecule has 0 radical (unpaired) electrons. The van der Waals surface area contributed by atoms with Crippen LogP contribution in [0.15, 0.2) is 18.2 Å². The van der Waals surface area contributed by atoms with Gasteiger partial charge in [-0.05, 0) is 48.9 Å². The predicted molar refractivity (Wildman–Crippen MR) is 79.3 cm³/mol. The maximum absolute atomic E-state index is 11.6. The van der Waals surface area contributed by atoms with Gasteiger partial charge in [0.2, 0.25) is 0 Å². The molecule has 5 nitrogen and oxygen atoms in total. The van der Waals surface area contributed by atoms with Gasteiger partial charge in [-0.1, -0.05) is 6.07 Å². The summed E-state index contributed by atoms with van der Waals surface area (Å²) >= 11 is 0. The summed E-state index contributed by atoms with van der Waals surface area (Å²) in [5, 5.41) is 12.7. The van der Waals surface area contributed by atoms with Crippen molar-refractivity contribution in [3.05, 3.63) is 29.3 Å². The third-order valence-corrected chi connectivity index (χ3v) is 3.62. The highest BCUT2D eigenvalue weighted by Gasteiger charge is 2.18. The molecule has 1 aromatic carbocycles. The second-order valence-electron chi connectivity index (χ2n) is 5.25.